The Morgan fingerprint density at radius 1 is 1.25 bits per heavy atom. The van der Waals surface area contributed by atoms with Crippen molar-refractivity contribution >= 4 is 34.9 Å². The second-order valence-electron chi connectivity index (χ2n) is 8.09. The maximum Gasteiger partial charge on any atom is 0.337 e. The van der Waals surface area contributed by atoms with Crippen LogP contribution in [0, 0.1) is 12.7 Å². The molecule has 0 amide bonds. The Hall–Kier alpha value is -3.71. The number of hydrogen-bond donors (Lipinski definition) is 1. The third-order valence-corrected chi connectivity index (χ3v) is 5.86. The number of nitrogens with zero attached hydrogens (tertiary/aromatic N) is 1. The summed E-state index contributed by atoms with van der Waals surface area (Å²) in [6.45, 7) is 6.54. The number of aryl methyl sites for hydroxylation is 1. The first kappa shape index (κ1) is 28.5. The quantitative estimate of drug-likeness (QED) is 0.154. The highest BCUT2D eigenvalue weighted by Gasteiger charge is 2.20. The number of nitrogens with two attached hydrogens (primary N) is 1. The fraction of sp³-hybridized carbons (Fsp3) is 0.241. The maximum atomic E-state index is 12.2. The lowest BCUT2D eigenvalue weighted by molar-refractivity contribution is -0.135. The predicted octanol–water partition coefficient (Wildman–Crippen LogP) is 6.06. The van der Waals surface area contributed by atoms with Crippen LogP contribution in [0.2, 0.25) is 0 Å². The standard InChI is InChI=1S/C22H26N2O2S.C7H7FO/c1-4-6-17(22(25)26-3)7-5-8-19-14-18(11-12-24(19)15-27)20-13-16(2)9-10-21(20)23;1-9-7-4-2-6(8)3-5-7/h4-7,9-10,13-15,19H,1,8,11-12,23H2,2-3H3;2-5H,1H3/b7-5-,17-6+;. The van der Waals surface area contributed by atoms with Crippen molar-refractivity contribution in [1.29, 1.82) is 0 Å². The van der Waals surface area contributed by atoms with Crippen LogP contribution in [0.4, 0.5) is 10.1 Å². The number of thiocarbonyl (C=S) groups is 1. The molecule has 1 atom stereocenters. The molecule has 1 aliphatic heterocycles. The third-order valence-electron chi connectivity index (χ3n) is 5.59. The minimum atomic E-state index is -0.384. The third kappa shape index (κ3) is 8.50. The molecule has 0 radical (unpaired) electrons. The second kappa shape index (κ2) is 14.6. The van der Waals surface area contributed by atoms with E-state index in [-0.39, 0.29) is 17.8 Å². The lowest BCUT2D eigenvalue weighted by Gasteiger charge is -2.32. The normalized spacial score (nSPS) is 15.4. The summed E-state index contributed by atoms with van der Waals surface area (Å²) in [5.74, 6) is 0.0532. The summed E-state index contributed by atoms with van der Waals surface area (Å²) in [6, 6.07) is 12.1. The van der Waals surface area contributed by atoms with Crippen molar-refractivity contribution in [3.8, 4) is 5.75 Å². The van der Waals surface area contributed by atoms with Gasteiger partial charge in [0.1, 0.15) is 11.6 Å². The number of carbonyl (C=O) groups excluding carboxylic acids is 1. The number of ether oxygens (including phenoxy) is 2. The van der Waals surface area contributed by atoms with Gasteiger partial charge in [-0.2, -0.15) is 0 Å². The topological polar surface area (TPSA) is 64.8 Å². The van der Waals surface area contributed by atoms with Crippen LogP contribution >= 0.6 is 12.2 Å². The Bertz CT molecular complexity index is 1140. The van der Waals surface area contributed by atoms with Gasteiger partial charge < -0.3 is 20.1 Å². The van der Waals surface area contributed by atoms with E-state index in [9.17, 15) is 9.18 Å². The van der Waals surface area contributed by atoms with E-state index in [0.717, 1.165) is 24.2 Å². The van der Waals surface area contributed by atoms with Crippen molar-refractivity contribution in [2.45, 2.75) is 25.8 Å². The Labute approximate surface area is 218 Å². The second-order valence-corrected chi connectivity index (χ2v) is 8.30. The van der Waals surface area contributed by atoms with Crippen LogP contribution in [-0.2, 0) is 9.53 Å². The molecule has 190 valence electrons. The van der Waals surface area contributed by atoms with Crippen LogP contribution in [-0.4, -0.2) is 43.2 Å². The average Bonchev–Trinajstić information content (AvgIpc) is 2.90. The highest BCUT2D eigenvalue weighted by Crippen LogP contribution is 2.30. The number of rotatable bonds is 8. The molecule has 0 spiro atoms. The smallest absolute Gasteiger partial charge is 0.337 e. The minimum absolute atomic E-state index is 0.116. The first-order valence-electron chi connectivity index (χ1n) is 11.5. The van der Waals surface area contributed by atoms with Gasteiger partial charge in [0, 0.05) is 17.8 Å². The largest absolute Gasteiger partial charge is 0.497 e. The van der Waals surface area contributed by atoms with Gasteiger partial charge in [-0.3, -0.25) is 0 Å². The van der Waals surface area contributed by atoms with Gasteiger partial charge in [0.15, 0.2) is 0 Å². The molecule has 0 saturated carbocycles. The van der Waals surface area contributed by atoms with Crippen LogP contribution in [0.1, 0.15) is 24.0 Å². The Kier molecular flexibility index (Phi) is 11.6. The predicted molar refractivity (Wildman–Crippen MR) is 149 cm³/mol. The first-order valence-corrected chi connectivity index (χ1v) is 11.9. The number of esters is 1. The van der Waals surface area contributed by atoms with Gasteiger partial charge in [-0.15, -0.1) is 0 Å². The molecular formula is C29H33FN2O3S. The molecule has 0 aromatic heterocycles. The summed E-state index contributed by atoms with van der Waals surface area (Å²) >= 11 is 5.18. The number of halogens is 1. The Morgan fingerprint density at radius 3 is 2.58 bits per heavy atom. The highest BCUT2D eigenvalue weighted by atomic mass is 32.1. The zero-order valence-corrected chi connectivity index (χ0v) is 21.8. The van der Waals surface area contributed by atoms with E-state index in [1.807, 2.05) is 18.2 Å². The fourth-order valence-corrected chi connectivity index (χ4v) is 3.94. The number of nitrogen functional groups attached to an aromatic ring is 1. The molecule has 2 aromatic rings. The lowest BCUT2D eigenvalue weighted by atomic mass is 9.92. The monoisotopic (exact) mass is 508 g/mol. The lowest BCUT2D eigenvalue weighted by Crippen LogP contribution is -2.36. The van der Waals surface area contributed by atoms with Gasteiger partial charge in [0.2, 0.25) is 0 Å². The fourth-order valence-electron chi connectivity index (χ4n) is 3.68. The molecule has 0 bridgehead atoms. The van der Waals surface area contributed by atoms with E-state index in [2.05, 4.69) is 30.5 Å². The van der Waals surface area contributed by atoms with Crippen LogP contribution in [0.5, 0.6) is 5.75 Å². The van der Waals surface area contributed by atoms with E-state index >= 15 is 0 Å². The molecule has 36 heavy (non-hydrogen) atoms. The van der Waals surface area contributed by atoms with Crippen LogP contribution in [0.25, 0.3) is 5.57 Å². The summed E-state index contributed by atoms with van der Waals surface area (Å²) in [7, 11) is 2.91. The van der Waals surface area contributed by atoms with Crippen LogP contribution in [0.15, 0.2) is 85.0 Å². The van der Waals surface area contributed by atoms with E-state index < -0.39 is 0 Å². The molecule has 5 nitrogen and oxygen atoms in total. The molecule has 1 heterocycles. The van der Waals surface area contributed by atoms with E-state index in [1.54, 1.807) is 43.0 Å². The molecule has 3 rings (SSSR count). The Morgan fingerprint density at radius 2 is 1.97 bits per heavy atom. The van der Waals surface area contributed by atoms with Crippen molar-refractivity contribution in [1.82, 2.24) is 4.90 Å². The number of methoxy groups -OCH3 is 2. The molecule has 1 aliphatic rings. The molecular weight excluding hydrogens is 475 g/mol. The van der Waals surface area contributed by atoms with Crippen molar-refractivity contribution < 1.29 is 18.7 Å². The minimum Gasteiger partial charge on any atom is -0.497 e. The molecule has 1 unspecified atom stereocenters. The van der Waals surface area contributed by atoms with Crippen molar-refractivity contribution in [2.24, 2.45) is 0 Å². The van der Waals surface area contributed by atoms with Gasteiger partial charge in [-0.05, 0) is 67.8 Å². The van der Waals surface area contributed by atoms with Gasteiger partial charge in [0.25, 0.3) is 0 Å². The summed E-state index contributed by atoms with van der Waals surface area (Å²) < 4.78 is 21.8. The van der Waals surface area contributed by atoms with Crippen molar-refractivity contribution in [3.63, 3.8) is 0 Å². The molecule has 0 saturated heterocycles. The summed E-state index contributed by atoms with van der Waals surface area (Å²) in [6.07, 6.45) is 10.8. The van der Waals surface area contributed by atoms with E-state index in [4.69, 9.17) is 27.4 Å². The SMILES string of the molecule is C=C/C=C(\C=C/CC1C=C(c2cc(C)ccc2N)CCN1C=S)C(=O)OC.COc1ccc(F)cc1. The molecule has 7 heteroatoms. The molecule has 0 aliphatic carbocycles. The number of carbonyl (C=O) groups is 1. The highest BCUT2D eigenvalue weighted by molar-refractivity contribution is 7.78. The maximum absolute atomic E-state index is 12.2. The van der Waals surface area contributed by atoms with Gasteiger partial charge in [-0.1, -0.05) is 54.7 Å². The number of anilines is 1. The van der Waals surface area contributed by atoms with Gasteiger partial charge >= 0.3 is 5.97 Å². The van der Waals surface area contributed by atoms with Crippen molar-refractivity contribution in [2.75, 3.05) is 26.5 Å². The van der Waals surface area contributed by atoms with Crippen LogP contribution in [0.3, 0.4) is 0 Å². The van der Waals surface area contributed by atoms with E-state index in [0.29, 0.717) is 17.7 Å². The number of benzene rings is 2. The van der Waals surface area contributed by atoms with Crippen LogP contribution < -0.4 is 10.5 Å². The molecule has 2 aromatic carbocycles. The zero-order valence-electron chi connectivity index (χ0n) is 20.9. The summed E-state index contributed by atoms with van der Waals surface area (Å²) in [5.41, 5.74) is 12.7. The van der Waals surface area contributed by atoms with E-state index in [1.165, 1.54) is 30.4 Å². The number of hydrogen-bond acceptors (Lipinski definition) is 5. The number of allylic oxidation sites excluding steroid dienone is 2. The average molecular weight is 509 g/mol. The first-order chi connectivity index (χ1) is 17.3. The van der Waals surface area contributed by atoms with Gasteiger partial charge in [-0.25, -0.2) is 9.18 Å². The summed E-state index contributed by atoms with van der Waals surface area (Å²) in [5, 5.41) is 0. The molecule has 0 fully saturated rings. The zero-order chi connectivity index (χ0) is 26.5. The Balaban J connectivity index is 0.000000425. The van der Waals surface area contributed by atoms with Crippen molar-refractivity contribution in [3.05, 3.63) is 102 Å². The molecule has 2 N–H and O–H groups in total. The van der Waals surface area contributed by atoms with Gasteiger partial charge in [0.05, 0.1) is 31.3 Å². The summed E-state index contributed by atoms with van der Waals surface area (Å²) in [4.78, 5) is 13.9.